The minimum absolute atomic E-state index is 0.346. The first kappa shape index (κ1) is 17.3. The Bertz CT molecular complexity index is 819. The maximum absolute atomic E-state index is 13.1. The van der Waals surface area contributed by atoms with Gasteiger partial charge < -0.3 is 9.47 Å². The average molecular weight is 360 g/mol. The van der Waals surface area contributed by atoms with Crippen molar-refractivity contribution < 1.29 is 19.1 Å². The second-order valence-electron chi connectivity index (χ2n) is 6.24. The molecular weight excluding hydrogens is 342 g/mol. The Morgan fingerprint density at radius 1 is 1.20 bits per heavy atom. The van der Waals surface area contributed by atoms with Crippen molar-refractivity contribution in [2.75, 3.05) is 12.0 Å². The molecule has 0 aliphatic carbocycles. The molecule has 0 spiro atoms. The standard InChI is InChI=1S/C19H18ClNO4/c1-19(2)18(23)21(14-11-13(20)9-10-15(14)25-19)16(17(22)24-3)12-7-5-4-6-8-12/h4-11,16H,1-3H3. The Morgan fingerprint density at radius 2 is 1.88 bits per heavy atom. The minimum atomic E-state index is -1.12. The summed E-state index contributed by atoms with van der Waals surface area (Å²) in [6, 6.07) is 13.1. The number of anilines is 1. The number of hydrogen-bond donors (Lipinski definition) is 0. The number of ether oxygens (including phenoxy) is 2. The highest BCUT2D eigenvalue weighted by Crippen LogP contribution is 2.43. The molecule has 1 heterocycles. The fourth-order valence-electron chi connectivity index (χ4n) is 2.88. The summed E-state index contributed by atoms with van der Waals surface area (Å²) >= 11 is 6.12. The summed E-state index contributed by atoms with van der Waals surface area (Å²) in [6.45, 7) is 3.33. The second-order valence-corrected chi connectivity index (χ2v) is 6.67. The molecule has 3 rings (SSSR count). The van der Waals surface area contributed by atoms with E-state index in [4.69, 9.17) is 21.1 Å². The van der Waals surface area contributed by atoms with Gasteiger partial charge in [0, 0.05) is 5.02 Å². The molecule has 25 heavy (non-hydrogen) atoms. The molecule has 1 unspecified atom stereocenters. The molecule has 1 aliphatic heterocycles. The third kappa shape index (κ3) is 3.07. The van der Waals surface area contributed by atoms with Crippen LogP contribution >= 0.6 is 11.6 Å². The van der Waals surface area contributed by atoms with Gasteiger partial charge in [0.25, 0.3) is 5.91 Å². The summed E-state index contributed by atoms with van der Waals surface area (Å²) in [5.41, 5.74) is -0.0376. The van der Waals surface area contributed by atoms with Crippen molar-refractivity contribution in [2.45, 2.75) is 25.5 Å². The first-order valence-electron chi connectivity index (χ1n) is 7.80. The van der Waals surface area contributed by atoms with E-state index in [1.165, 1.54) is 12.0 Å². The lowest BCUT2D eigenvalue weighted by Crippen LogP contribution is -2.55. The van der Waals surface area contributed by atoms with Gasteiger partial charge in [0.1, 0.15) is 5.75 Å². The maximum Gasteiger partial charge on any atom is 0.333 e. The molecule has 1 aliphatic rings. The van der Waals surface area contributed by atoms with Gasteiger partial charge >= 0.3 is 5.97 Å². The van der Waals surface area contributed by atoms with Crippen LogP contribution in [0.25, 0.3) is 0 Å². The Labute approximate surface area is 151 Å². The zero-order valence-electron chi connectivity index (χ0n) is 14.2. The molecule has 0 saturated carbocycles. The number of carbonyl (C=O) groups is 2. The van der Waals surface area contributed by atoms with Gasteiger partial charge in [-0.15, -0.1) is 0 Å². The van der Waals surface area contributed by atoms with Crippen LogP contribution in [0.3, 0.4) is 0 Å². The number of fused-ring (bicyclic) bond motifs is 1. The molecule has 0 N–H and O–H groups in total. The summed E-state index contributed by atoms with van der Waals surface area (Å²) in [6.07, 6.45) is 0. The lowest BCUT2D eigenvalue weighted by Gasteiger charge is -2.41. The number of esters is 1. The highest BCUT2D eigenvalue weighted by molar-refractivity contribution is 6.31. The molecule has 6 heteroatoms. The topological polar surface area (TPSA) is 55.8 Å². The van der Waals surface area contributed by atoms with Gasteiger partial charge in [-0.25, -0.2) is 4.79 Å². The molecule has 2 aromatic rings. The molecule has 0 fully saturated rings. The zero-order valence-corrected chi connectivity index (χ0v) is 14.9. The largest absolute Gasteiger partial charge is 0.476 e. The van der Waals surface area contributed by atoms with Crippen LogP contribution in [0.15, 0.2) is 48.5 Å². The normalized spacial score (nSPS) is 16.6. The molecule has 0 aromatic heterocycles. The van der Waals surface area contributed by atoms with Gasteiger partial charge in [-0.1, -0.05) is 41.9 Å². The van der Waals surface area contributed by atoms with E-state index in [1.807, 2.05) is 6.07 Å². The van der Waals surface area contributed by atoms with Crippen LogP contribution in [0.1, 0.15) is 25.5 Å². The predicted molar refractivity (Wildman–Crippen MR) is 94.8 cm³/mol. The van der Waals surface area contributed by atoms with Crippen LogP contribution in [-0.2, 0) is 14.3 Å². The third-order valence-electron chi connectivity index (χ3n) is 4.08. The van der Waals surface area contributed by atoms with Gasteiger partial charge in [-0.05, 0) is 37.6 Å². The fraction of sp³-hybridized carbons (Fsp3) is 0.263. The summed E-state index contributed by atoms with van der Waals surface area (Å²) in [5.74, 6) is -0.400. The number of halogens is 1. The van der Waals surface area contributed by atoms with E-state index in [0.29, 0.717) is 22.0 Å². The van der Waals surface area contributed by atoms with Crippen molar-refractivity contribution in [2.24, 2.45) is 0 Å². The quantitative estimate of drug-likeness (QED) is 0.783. The smallest absolute Gasteiger partial charge is 0.333 e. The van der Waals surface area contributed by atoms with Gasteiger partial charge in [0.15, 0.2) is 11.6 Å². The molecule has 1 atom stereocenters. The van der Waals surface area contributed by atoms with Crippen molar-refractivity contribution in [3.8, 4) is 5.75 Å². The Balaban J connectivity index is 2.22. The molecule has 2 aromatic carbocycles. The van der Waals surface area contributed by atoms with Crippen LogP contribution in [0.5, 0.6) is 5.75 Å². The maximum atomic E-state index is 13.1. The SMILES string of the molecule is COC(=O)C(c1ccccc1)N1C(=O)C(C)(C)Oc2ccc(Cl)cc21. The van der Waals surface area contributed by atoms with Gasteiger partial charge in [0.2, 0.25) is 0 Å². The molecule has 0 bridgehead atoms. The van der Waals surface area contributed by atoms with Crippen LogP contribution in [-0.4, -0.2) is 24.6 Å². The Morgan fingerprint density at radius 3 is 2.52 bits per heavy atom. The minimum Gasteiger partial charge on any atom is -0.476 e. The summed E-state index contributed by atoms with van der Waals surface area (Å²) in [7, 11) is 1.30. The Kier molecular flexibility index (Phi) is 4.43. The zero-order chi connectivity index (χ0) is 18.2. The van der Waals surface area contributed by atoms with E-state index in [2.05, 4.69) is 0 Å². The van der Waals surface area contributed by atoms with E-state index in [9.17, 15) is 9.59 Å². The Hall–Kier alpha value is -2.53. The summed E-state index contributed by atoms with van der Waals surface area (Å²) in [5, 5.41) is 0.441. The highest BCUT2D eigenvalue weighted by atomic mass is 35.5. The van der Waals surface area contributed by atoms with E-state index in [0.717, 1.165) is 0 Å². The third-order valence-corrected chi connectivity index (χ3v) is 4.31. The van der Waals surface area contributed by atoms with E-state index in [1.54, 1.807) is 56.3 Å². The number of rotatable bonds is 3. The lowest BCUT2D eigenvalue weighted by atomic mass is 9.98. The van der Waals surface area contributed by atoms with E-state index >= 15 is 0 Å². The molecule has 1 amide bonds. The summed E-state index contributed by atoms with van der Waals surface area (Å²) < 4.78 is 10.8. The number of carbonyl (C=O) groups excluding carboxylic acids is 2. The number of nitrogens with zero attached hydrogens (tertiary/aromatic N) is 1. The monoisotopic (exact) mass is 359 g/mol. The van der Waals surface area contributed by atoms with Crippen molar-refractivity contribution in [3.05, 3.63) is 59.1 Å². The van der Waals surface area contributed by atoms with Crippen molar-refractivity contribution in [1.82, 2.24) is 0 Å². The highest BCUT2D eigenvalue weighted by Gasteiger charge is 2.46. The second kappa shape index (κ2) is 6.41. The van der Waals surface area contributed by atoms with Crippen molar-refractivity contribution >= 4 is 29.2 Å². The van der Waals surface area contributed by atoms with E-state index < -0.39 is 17.6 Å². The van der Waals surface area contributed by atoms with Crippen LogP contribution < -0.4 is 9.64 Å². The molecule has 0 saturated heterocycles. The molecule has 0 radical (unpaired) electrons. The lowest BCUT2D eigenvalue weighted by molar-refractivity contribution is -0.146. The van der Waals surface area contributed by atoms with Gasteiger partial charge in [-0.2, -0.15) is 0 Å². The average Bonchev–Trinajstić information content (AvgIpc) is 2.59. The molecule has 130 valence electrons. The van der Waals surface area contributed by atoms with Crippen LogP contribution in [0.2, 0.25) is 5.02 Å². The summed E-state index contributed by atoms with van der Waals surface area (Å²) in [4.78, 5) is 27.1. The van der Waals surface area contributed by atoms with Gasteiger partial charge in [0.05, 0.1) is 12.8 Å². The van der Waals surface area contributed by atoms with Crippen LogP contribution in [0, 0.1) is 0 Å². The van der Waals surface area contributed by atoms with Crippen molar-refractivity contribution in [3.63, 3.8) is 0 Å². The molecule has 5 nitrogen and oxygen atoms in total. The molecular formula is C19H18ClNO4. The van der Waals surface area contributed by atoms with E-state index in [-0.39, 0.29) is 5.91 Å². The van der Waals surface area contributed by atoms with Crippen LogP contribution in [0.4, 0.5) is 5.69 Å². The number of hydrogen-bond acceptors (Lipinski definition) is 4. The predicted octanol–water partition coefficient (Wildman–Crippen LogP) is 3.76. The number of benzene rings is 2. The fourth-order valence-corrected chi connectivity index (χ4v) is 3.04. The number of methoxy groups -OCH3 is 1. The first-order chi connectivity index (χ1) is 11.8. The van der Waals surface area contributed by atoms with Crippen molar-refractivity contribution in [1.29, 1.82) is 0 Å². The first-order valence-corrected chi connectivity index (χ1v) is 8.18. The number of amides is 1. The van der Waals surface area contributed by atoms with Gasteiger partial charge in [-0.3, -0.25) is 9.69 Å².